The molecule has 0 fully saturated rings. The number of anilines is 1. The summed E-state index contributed by atoms with van der Waals surface area (Å²) in [4.78, 5) is 15.0. The standard InChI is InChI=1S/C15H15NO2S/c1-16(11-7-9-12(17)10-8-11)15(18)13-5-3-4-6-14(13)19-2/h3-10,17H,1-2H3. The molecule has 0 spiro atoms. The molecule has 2 aromatic carbocycles. The first-order chi connectivity index (χ1) is 9.13. The molecular weight excluding hydrogens is 258 g/mol. The van der Waals surface area contributed by atoms with Crippen LogP contribution < -0.4 is 4.90 Å². The van der Waals surface area contributed by atoms with Crippen molar-refractivity contribution in [2.45, 2.75) is 4.90 Å². The normalized spacial score (nSPS) is 10.2. The fraction of sp³-hybridized carbons (Fsp3) is 0.133. The Kier molecular flexibility index (Phi) is 4.12. The van der Waals surface area contributed by atoms with E-state index in [-0.39, 0.29) is 11.7 Å². The van der Waals surface area contributed by atoms with Crippen LogP contribution in [0.25, 0.3) is 0 Å². The van der Waals surface area contributed by atoms with Crippen LogP contribution in [0.5, 0.6) is 5.75 Å². The number of thioether (sulfide) groups is 1. The molecule has 0 aromatic heterocycles. The number of carbonyl (C=O) groups excluding carboxylic acids is 1. The molecule has 1 N–H and O–H groups in total. The SMILES string of the molecule is CSc1ccccc1C(=O)N(C)c1ccc(O)cc1. The second-order valence-corrected chi connectivity index (χ2v) is 4.93. The lowest BCUT2D eigenvalue weighted by Gasteiger charge is -2.18. The molecule has 0 radical (unpaired) electrons. The summed E-state index contributed by atoms with van der Waals surface area (Å²) >= 11 is 1.55. The van der Waals surface area contributed by atoms with E-state index in [9.17, 15) is 9.90 Å². The second kappa shape index (κ2) is 5.80. The number of aromatic hydroxyl groups is 1. The van der Waals surface area contributed by atoms with Crippen molar-refractivity contribution in [3.63, 3.8) is 0 Å². The van der Waals surface area contributed by atoms with E-state index >= 15 is 0 Å². The first kappa shape index (κ1) is 13.5. The lowest BCUT2D eigenvalue weighted by Crippen LogP contribution is -2.26. The van der Waals surface area contributed by atoms with Crippen LogP contribution in [0.2, 0.25) is 0 Å². The van der Waals surface area contributed by atoms with Crippen LogP contribution in [0.15, 0.2) is 53.4 Å². The first-order valence-electron chi connectivity index (χ1n) is 5.83. The average Bonchev–Trinajstić information content (AvgIpc) is 2.46. The van der Waals surface area contributed by atoms with Crippen molar-refractivity contribution in [2.24, 2.45) is 0 Å². The number of phenolic OH excluding ortho intramolecular Hbond substituents is 1. The minimum atomic E-state index is -0.0596. The van der Waals surface area contributed by atoms with Gasteiger partial charge in [-0.1, -0.05) is 12.1 Å². The van der Waals surface area contributed by atoms with E-state index in [4.69, 9.17) is 0 Å². The molecule has 0 atom stereocenters. The second-order valence-electron chi connectivity index (χ2n) is 4.08. The Morgan fingerprint density at radius 1 is 1.11 bits per heavy atom. The first-order valence-corrected chi connectivity index (χ1v) is 7.06. The molecule has 0 aliphatic carbocycles. The van der Waals surface area contributed by atoms with E-state index in [0.717, 1.165) is 10.6 Å². The van der Waals surface area contributed by atoms with Gasteiger partial charge in [-0.2, -0.15) is 0 Å². The third-order valence-electron chi connectivity index (χ3n) is 2.88. The zero-order valence-corrected chi connectivity index (χ0v) is 11.6. The van der Waals surface area contributed by atoms with Gasteiger partial charge in [-0.15, -0.1) is 11.8 Å². The van der Waals surface area contributed by atoms with Crippen LogP contribution in [0, 0.1) is 0 Å². The fourth-order valence-electron chi connectivity index (χ4n) is 1.80. The highest BCUT2D eigenvalue weighted by atomic mass is 32.2. The quantitative estimate of drug-likeness (QED) is 0.871. The van der Waals surface area contributed by atoms with Crippen molar-refractivity contribution < 1.29 is 9.90 Å². The van der Waals surface area contributed by atoms with Gasteiger partial charge in [0.1, 0.15) is 5.75 Å². The minimum absolute atomic E-state index is 0.0596. The van der Waals surface area contributed by atoms with Crippen LogP contribution in [0.3, 0.4) is 0 Å². The molecule has 1 amide bonds. The van der Waals surface area contributed by atoms with Crippen molar-refractivity contribution in [1.82, 2.24) is 0 Å². The monoisotopic (exact) mass is 273 g/mol. The molecule has 0 heterocycles. The predicted octanol–water partition coefficient (Wildman–Crippen LogP) is 3.39. The summed E-state index contributed by atoms with van der Waals surface area (Å²) < 4.78 is 0. The van der Waals surface area contributed by atoms with Crippen molar-refractivity contribution in [2.75, 3.05) is 18.2 Å². The zero-order chi connectivity index (χ0) is 13.8. The van der Waals surface area contributed by atoms with Crippen molar-refractivity contribution in [3.8, 4) is 5.75 Å². The van der Waals surface area contributed by atoms with E-state index in [1.54, 1.807) is 48.0 Å². The Labute approximate surface area is 116 Å². The highest BCUT2D eigenvalue weighted by Gasteiger charge is 2.16. The molecule has 0 unspecified atom stereocenters. The molecule has 2 rings (SSSR count). The Bertz CT molecular complexity index is 581. The molecule has 2 aromatic rings. The highest BCUT2D eigenvalue weighted by Crippen LogP contribution is 2.24. The third kappa shape index (κ3) is 2.90. The number of amides is 1. The summed E-state index contributed by atoms with van der Waals surface area (Å²) in [6, 6.07) is 14.1. The molecule has 0 saturated heterocycles. The van der Waals surface area contributed by atoms with Gasteiger partial charge >= 0.3 is 0 Å². The maximum Gasteiger partial charge on any atom is 0.259 e. The largest absolute Gasteiger partial charge is 0.508 e. The van der Waals surface area contributed by atoms with Crippen LogP contribution in [0.4, 0.5) is 5.69 Å². The van der Waals surface area contributed by atoms with Gasteiger partial charge < -0.3 is 10.0 Å². The number of carbonyl (C=O) groups is 1. The smallest absolute Gasteiger partial charge is 0.259 e. The number of rotatable bonds is 3. The van der Waals surface area contributed by atoms with E-state index < -0.39 is 0 Å². The molecule has 3 nitrogen and oxygen atoms in total. The van der Waals surface area contributed by atoms with Crippen LogP contribution >= 0.6 is 11.8 Å². The molecule has 0 aliphatic rings. The van der Waals surface area contributed by atoms with Gasteiger partial charge in [0.05, 0.1) is 5.56 Å². The van der Waals surface area contributed by atoms with E-state index in [1.165, 1.54) is 0 Å². The van der Waals surface area contributed by atoms with Gasteiger partial charge in [0, 0.05) is 17.6 Å². The van der Waals surface area contributed by atoms with Crippen molar-refractivity contribution >= 4 is 23.4 Å². The maximum absolute atomic E-state index is 12.5. The summed E-state index contributed by atoms with van der Waals surface area (Å²) in [5.41, 5.74) is 1.43. The molecule has 0 saturated carbocycles. The minimum Gasteiger partial charge on any atom is -0.508 e. The molecule has 0 bridgehead atoms. The van der Waals surface area contributed by atoms with Crippen LogP contribution in [-0.2, 0) is 0 Å². The van der Waals surface area contributed by atoms with Gasteiger partial charge in [-0.3, -0.25) is 4.79 Å². The molecule has 19 heavy (non-hydrogen) atoms. The summed E-state index contributed by atoms with van der Waals surface area (Å²) in [5, 5.41) is 9.27. The van der Waals surface area contributed by atoms with Gasteiger partial charge in [0.15, 0.2) is 0 Å². The Morgan fingerprint density at radius 2 is 1.74 bits per heavy atom. The topological polar surface area (TPSA) is 40.5 Å². The Morgan fingerprint density at radius 3 is 2.37 bits per heavy atom. The molecular formula is C15H15NO2S. The van der Waals surface area contributed by atoms with Crippen LogP contribution in [-0.4, -0.2) is 24.3 Å². The summed E-state index contributed by atoms with van der Waals surface area (Å²) in [5.74, 6) is 0.129. The number of hydrogen-bond donors (Lipinski definition) is 1. The van der Waals surface area contributed by atoms with Gasteiger partial charge in [-0.25, -0.2) is 0 Å². The third-order valence-corrected chi connectivity index (χ3v) is 3.67. The lowest BCUT2D eigenvalue weighted by molar-refractivity contribution is 0.0990. The highest BCUT2D eigenvalue weighted by molar-refractivity contribution is 7.98. The summed E-state index contributed by atoms with van der Waals surface area (Å²) in [6.07, 6.45) is 1.95. The molecule has 98 valence electrons. The van der Waals surface area contributed by atoms with Gasteiger partial charge in [0.25, 0.3) is 5.91 Å². The van der Waals surface area contributed by atoms with Gasteiger partial charge in [0.2, 0.25) is 0 Å². The Balaban J connectivity index is 2.30. The van der Waals surface area contributed by atoms with Crippen LogP contribution in [0.1, 0.15) is 10.4 Å². The number of benzene rings is 2. The number of nitrogens with zero attached hydrogens (tertiary/aromatic N) is 1. The van der Waals surface area contributed by atoms with Gasteiger partial charge in [-0.05, 0) is 42.7 Å². The van der Waals surface area contributed by atoms with Crippen molar-refractivity contribution in [1.29, 1.82) is 0 Å². The Hall–Kier alpha value is -1.94. The summed E-state index contributed by atoms with van der Waals surface area (Å²) in [7, 11) is 1.73. The summed E-state index contributed by atoms with van der Waals surface area (Å²) in [6.45, 7) is 0. The fourth-order valence-corrected chi connectivity index (χ4v) is 2.39. The number of hydrogen-bond acceptors (Lipinski definition) is 3. The maximum atomic E-state index is 12.5. The lowest BCUT2D eigenvalue weighted by atomic mass is 10.2. The number of phenols is 1. The average molecular weight is 273 g/mol. The van der Waals surface area contributed by atoms with Crippen molar-refractivity contribution in [3.05, 3.63) is 54.1 Å². The molecule has 0 aliphatic heterocycles. The van der Waals surface area contributed by atoms with E-state index in [2.05, 4.69) is 0 Å². The molecule has 4 heteroatoms. The van der Waals surface area contributed by atoms with E-state index in [0.29, 0.717) is 5.56 Å². The predicted molar refractivity (Wildman–Crippen MR) is 79.1 cm³/mol. The zero-order valence-electron chi connectivity index (χ0n) is 10.8. The van der Waals surface area contributed by atoms with E-state index in [1.807, 2.05) is 30.5 Å².